The second-order valence-corrected chi connectivity index (χ2v) is 5.56. The van der Waals surface area contributed by atoms with Crippen molar-refractivity contribution in [3.63, 3.8) is 0 Å². The minimum Gasteiger partial charge on any atom is -0.491 e. The molecule has 1 N–H and O–H groups in total. The molecule has 0 unspecified atom stereocenters. The Morgan fingerprint density at radius 2 is 1.74 bits per heavy atom. The smallest absolute Gasteiger partial charge is 0.119 e. The van der Waals surface area contributed by atoms with Gasteiger partial charge in [-0.15, -0.1) is 0 Å². The van der Waals surface area contributed by atoms with Crippen LogP contribution in [0.3, 0.4) is 0 Å². The van der Waals surface area contributed by atoms with Gasteiger partial charge in [-0.3, -0.25) is 0 Å². The third-order valence-corrected chi connectivity index (χ3v) is 3.15. The minimum absolute atomic E-state index is 0.232. The Morgan fingerprint density at radius 1 is 1.11 bits per heavy atom. The average molecular weight is 264 g/mol. The Labute approximate surface area is 118 Å². The summed E-state index contributed by atoms with van der Waals surface area (Å²) in [5.41, 5.74) is 1.29. The van der Waals surface area contributed by atoms with E-state index in [0.717, 1.165) is 25.4 Å². The van der Waals surface area contributed by atoms with Crippen LogP contribution in [-0.4, -0.2) is 37.2 Å². The van der Waals surface area contributed by atoms with Crippen LogP contribution >= 0.6 is 0 Å². The van der Waals surface area contributed by atoms with E-state index in [9.17, 15) is 0 Å². The van der Waals surface area contributed by atoms with Gasteiger partial charge < -0.3 is 15.0 Å². The lowest BCUT2D eigenvalue weighted by atomic mass is 10.2. The van der Waals surface area contributed by atoms with Crippen LogP contribution < -0.4 is 10.1 Å². The van der Waals surface area contributed by atoms with Crippen molar-refractivity contribution in [1.82, 2.24) is 10.2 Å². The Hall–Kier alpha value is -1.06. The predicted octanol–water partition coefficient (Wildman–Crippen LogP) is 2.90. The summed E-state index contributed by atoms with van der Waals surface area (Å²) < 4.78 is 5.63. The lowest BCUT2D eigenvalue weighted by molar-refractivity contribution is 0.242. The number of rotatable bonds is 8. The van der Waals surface area contributed by atoms with E-state index < -0.39 is 0 Å². The maximum atomic E-state index is 5.63. The standard InChI is InChI=1S/C16H28N2O/c1-13(2)18(5)11-10-17-12-15-6-8-16(9-7-15)19-14(3)4/h6-9,13-14,17H,10-12H2,1-5H3. The average Bonchev–Trinajstić information content (AvgIpc) is 2.35. The zero-order valence-corrected chi connectivity index (χ0v) is 12.9. The highest BCUT2D eigenvalue weighted by atomic mass is 16.5. The van der Waals surface area contributed by atoms with Crippen molar-refractivity contribution in [3.8, 4) is 5.75 Å². The number of likely N-dealkylation sites (N-methyl/N-ethyl adjacent to an activating group) is 1. The Balaban J connectivity index is 2.26. The van der Waals surface area contributed by atoms with Crippen LogP contribution in [0.1, 0.15) is 33.3 Å². The molecular weight excluding hydrogens is 236 g/mol. The van der Waals surface area contributed by atoms with Crippen molar-refractivity contribution in [3.05, 3.63) is 29.8 Å². The van der Waals surface area contributed by atoms with Gasteiger partial charge in [0.1, 0.15) is 5.75 Å². The van der Waals surface area contributed by atoms with Gasteiger partial charge in [0.2, 0.25) is 0 Å². The summed E-state index contributed by atoms with van der Waals surface area (Å²) in [5, 5.41) is 3.47. The van der Waals surface area contributed by atoms with Crippen molar-refractivity contribution in [2.45, 2.75) is 46.4 Å². The molecule has 0 saturated carbocycles. The second kappa shape index (κ2) is 8.18. The van der Waals surface area contributed by atoms with Crippen LogP contribution in [-0.2, 0) is 6.54 Å². The van der Waals surface area contributed by atoms with E-state index in [4.69, 9.17) is 4.74 Å². The fraction of sp³-hybridized carbons (Fsp3) is 0.625. The molecule has 0 aliphatic heterocycles. The Bertz CT molecular complexity index is 346. The van der Waals surface area contributed by atoms with E-state index in [1.807, 2.05) is 26.0 Å². The number of hydrogen-bond acceptors (Lipinski definition) is 3. The molecule has 0 amide bonds. The van der Waals surface area contributed by atoms with Gasteiger partial charge in [-0.05, 0) is 52.4 Å². The molecular formula is C16H28N2O. The quantitative estimate of drug-likeness (QED) is 0.731. The fourth-order valence-electron chi connectivity index (χ4n) is 1.70. The molecule has 0 fully saturated rings. The van der Waals surface area contributed by atoms with Gasteiger partial charge in [-0.1, -0.05) is 12.1 Å². The number of nitrogens with one attached hydrogen (secondary N) is 1. The summed E-state index contributed by atoms with van der Waals surface area (Å²) in [5.74, 6) is 0.943. The molecule has 3 heteroatoms. The first-order valence-electron chi connectivity index (χ1n) is 7.15. The van der Waals surface area contributed by atoms with E-state index in [-0.39, 0.29) is 6.10 Å². The van der Waals surface area contributed by atoms with E-state index in [1.54, 1.807) is 0 Å². The summed E-state index contributed by atoms with van der Waals surface area (Å²) in [7, 11) is 2.16. The molecule has 1 aromatic rings. The highest BCUT2D eigenvalue weighted by molar-refractivity contribution is 5.27. The second-order valence-electron chi connectivity index (χ2n) is 5.56. The topological polar surface area (TPSA) is 24.5 Å². The molecule has 0 aliphatic carbocycles. The molecule has 0 saturated heterocycles. The van der Waals surface area contributed by atoms with Crippen molar-refractivity contribution in [1.29, 1.82) is 0 Å². The van der Waals surface area contributed by atoms with Gasteiger partial charge in [-0.2, -0.15) is 0 Å². The molecule has 19 heavy (non-hydrogen) atoms. The van der Waals surface area contributed by atoms with E-state index in [0.29, 0.717) is 6.04 Å². The monoisotopic (exact) mass is 264 g/mol. The van der Waals surface area contributed by atoms with E-state index in [1.165, 1.54) is 5.56 Å². The third-order valence-electron chi connectivity index (χ3n) is 3.15. The van der Waals surface area contributed by atoms with Crippen LogP contribution in [0.15, 0.2) is 24.3 Å². The zero-order valence-electron chi connectivity index (χ0n) is 12.9. The summed E-state index contributed by atoms with van der Waals surface area (Å²) >= 11 is 0. The highest BCUT2D eigenvalue weighted by Crippen LogP contribution is 2.13. The number of hydrogen-bond donors (Lipinski definition) is 1. The van der Waals surface area contributed by atoms with Crippen LogP contribution in [0.5, 0.6) is 5.75 Å². The van der Waals surface area contributed by atoms with Gasteiger partial charge >= 0.3 is 0 Å². The number of benzene rings is 1. The lowest BCUT2D eigenvalue weighted by Crippen LogP contribution is -2.33. The van der Waals surface area contributed by atoms with Crippen LogP contribution in [0.25, 0.3) is 0 Å². The zero-order chi connectivity index (χ0) is 14.3. The maximum Gasteiger partial charge on any atom is 0.119 e. The van der Waals surface area contributed by atoms with E-state index in [2.05, 4.69) is 43.2 Å². The normalized spacial score (nSPS) is 11.6. The van der Waals surface area contributed by atoms with Crippen molar-refractivity contribution in [2.75, 3.05) is 20.1 Å². The molecule has 3 nitrogen and oxygen atoms in total. The van der Waals surface area contributed by atoms with Crippen molar-refractivity contribution >= 4 is 0 Å². The summed E-state index contributed by atoms with van der Waals surface area (Å²) in [4.78, 5) is 2.34. The van der Waals surface area contributed by atoms with Crippen LogP contribution in [0.4, 0.5) is 0 Å². The Kier molecular flexibility index (Phi) is 6.89. The summed E-state index contributed by atoms with van der Waals surface area (Å²) in [6.07, 6.45) is 0.232. The number of nitrogens with zero attached hydrogens (tertiary/aromatic N) is 1. The van der Waals surface area contributed by atoms with Crippen LogP contribution in [0, 0.1) is 0 Å². The van der Waals surface area contributed by atoms with Crippen molar-refractivity contribution < 1.29 is 4.74 Å². The Morgan fingerprint density at radius 3 is 2.26 bits per heavy atom. The van der Waals surface area contributed by atoms with Gasteiger partial charge in [0, 0.05) is 25.7 Å². The van der Waals surface area contributed by atoms with Crippen molar-refractivity contribution in [2.24, 2.45) is 0 Å². The highest BCUT2D eigenvalue weighted by Gasteiger charge is 2.02. The van der Waals surface area contributed by atoms with Gasteiger partial charge in [0.05, 0.1) is 6.10 Å². The molecule has 0 atom stereocenters. The molecule has 1 rings (SSSR count). The summed E-state index contributed by atoms with van der Waals surface area (Å²) in [6, 6.07) is 8.93. The minimum atomic E-state index is 0.232. The molecule has 0 spiro atoms. The molecule has 0 heterocycles. The van der Waals surface area contributed by atoms with Crippen LogP contribution in [0.2, 0.25) is 0 Å². The lowest BCUT2D eigenvalue weighted by Gasteiger charge is -2.20. The summed E-state index contributed by atoms with van der Waals surface area (Å²) in [6.45, 7) is 11.5. The number of ether oxygens (including phenoxy) is 1. The molecule has 0 aliphatic rings. The largest absolute Gasteiger partial charge is 0.491 e. The first-order valence-corrected chi connectivity index (χ1v) is 7.15. The SMILES string of the molecule is CC(C)Oc1ccc(CNCCN(C)C(C)C)cc1. The van der Waals surface area contributed by atoms with Gasteiger partial charge in [-0.25, -0.2) is 0 Å². The molecule has 1 aromatic carbocycles. The first kappa shape index (κ1) is 16.0. The molecule has 0 radical (unpaired) electrons. The molecule has 0 aromatic heterocycles. The first-order chi connectivity index (χ1) is 8.99. The van der Waals surface area contributed by atoms with Gasteiger partial charge in [0.25, 0.3) is 0 Å². The molecule has 0 bridgehead atoms. The fourth-order valence-corrected chi connectivity index (χ4v) is 1.70. The maximum absolute atomic E-state index is 5.63. The van der Waals surface area contributed by atoms with E-state index >= 15 is 0 Å². The molecule has 108 valence electrons. The predicted molar refractivity (Wildman–Crippen MR) is 81.7 cm³/mol. The van der Waals surface area contributed by atoms with Gasteiger partial charge in [0.15, 0.2) is 0 Å². The third kappa shape index (κ3) is 6.60.